The molecule has 3 nitrogen and oxygen atoms in total. The van der Waals surface area contributed by atoms with E-state index < -0.39 is 5.54 Å². The maximum absolute atomic E-state index is 11.3. The van der Waals surface area contributed by atoms with E-state index in [1.54, 1.807) is 0 Å². The third-order valence-corrected chi connectivity index (χ3v) is 2.31. The molecule has 3 heteroatoms. The molecule has 0 aliphatic heterocycles. The molecule has 0 aromatic carbocycles. The van der Waals surface area contributed by atoms with Crippen LogP contribution in [0.1, 0.15) is 20.3 Å². The van der Waals surface area contributed by atoms with E-state index >= 15 is 0 Å². The number of hydrogen-bond acceptors (Lipinski definition) is 3. The average molecular weight is 185 g/mol. The van der Waals surface area contributed by atoms with Crippen molar-refractivity contribution in [1.82, 2.24) is 4.90 Å². The quantitative estimate of drug-likeness (QED) is 0.479. The van der Waals surface area contributed by atoms with Crippen molar-refractivity contribution >= 4 is 5.97 Å². The average Bonchev–Trinajstić information content (AvgIpc) is 2.12. The number of carbonyl (C=O) groups is 1. The molecular weight excluding hydrogens is 166 g/mol. The van der Waals surface area contributed by atoms with Gasteiger partial charge in [-0.3, -0.25) is 9.69 Å². The number of esters is 1. The molecule has 0 saturated carbocycles. The second kappa shape index (κ2) is 5.02. The van der Waals surface area contributed by atoms with Gasteiger partial charge in [0.15, 0.2) is 0 Å². The van der Waals surface area contributed by atoms with Crippen LogP contribution in [0.25, 0.3) is 0 Å². The third kappa shape index (κ3) is 3.19. The normalized spacial score (nSPS) is 11.5. The number of hydrogen-bond donors (Lipinski definition) is 0. The van der Waals surface area contributed by atoms with Gasteiger partial charge in [0.05, 0.1) is 7.11 Å². The molecule has 0 rings (SSSR count). The first-order valence-corrected chi connectivity index (χ1v) is 4.37. The fourth-order valence-electron chi connectivity index (χ4n) is 0.970. The smallest absolute Gasteiger partial charge is 0.325 e. The highest BCUT2D eigenvalue weighted by atomic mass is 16.5. The summed E-state index contributed by atoms with van der Waals surface area (Å²) < 4.78 is 4.71. The zero-order valence-corrected chi connectivity index (χ0v) is 8.96. The summed E-state index contributed by atoms with van der Waals surface area (Å²) in [5, 5.41) is 0. The molecule has 0 aromatic rings. The lowest BCUT2D eigenvalue weighted by Gasteiger charge is -2.32. The van der Waals surface area contributed by atoms with Crippen LogP contribution in [0.3, 0.4) is 0 Å². The van der Waals surface area contributed by atoms with E-state index in [9.17, 15) is 4.79 Å². The second-order valence-corrected chi connectivity index (χ2v) is 3.55. The topological polar surface area (TPSA) is 29.5 Å². The van der Waals surface area contributed by atoms with Gasteiger partial charge < -0.3 is 4.74 Å². The van der Waals surface area contributed by atoms with Crippen LogP contribution in [-0.4, -0.2) is 37.1 Å². The van der Waals surface area contributed by atoms with Crippen molar-refractivity contribution in [2.75, 3.05) is 20.7 Å². The summed E-state index contributed by atoms with van der Waals surface area (Å²) in [7, 11) is 3.31. The molecule has 0 spiro atoms. The van der Waals surface area contributed by atoms with Gasteiger partial charge in [-0.1, -0.05) is 6.08 Å². The summed E-state index contributed by atoms with van der Waals surface area (Å²) in [5.74, 6) is -0.209. The SMILES string of the molecule is C=CCCN(C)C(C)(C)C(=O)OC. The standard InChI is InChI=1S/C10H19NO2/c1-6-7-8-11(4)10(2,3)9(12)13-5/h6H,1,7-8H2,2-5H3. The van der Waals surface area contributed by atoms with Gasteiger partial charge in [-0.2, -0.15) is 0 Å². The minimum atomic E-state index is -0.558. The summed E-state index contributed by atoms with van der Waals surface area (Å²) in [5.41, 5.74) is -0.558. The van der Waals surface area contributed by atoms with Crippen LogP contribution in [0.2, 0.25) is 0 Å². The van der Waals surface area contributed by atoms with E-state index in [1.165, 1.54) is 7.11 Å². The number of ether oxygens (including phenoxy) is 1. The van der Waals surface area contributed by atoms with E-state index in [4.69, 9.17) is 4.74 Å². The predicted molar refractivity (Wildman–Crippen MR) is 53.5 cm³/mol. The predicted octanol–water partition coefficient (Wildman–Crippen LogP) is 1.45. The van der Waals surface area contributed by atoms with Gasteiger partial charge in [-0.15, -0.1) is 6.58 Å². The van der Waals surface area contributed by atoms with Gasteiger partial charge in [-0.25, -0.2) is 0 Å². The van der Waals surface area contributed by atoms with Crippen LogP contribution >= 0.6 is 0 Å². The summed E-state index contributed by atoms with van der Waals surface area (Å²) >= 11 is 0. The highest BCUT2D eigenvalue weighted by Crippen LogP contribution is 2.14. The Morgan fingerprint density at radius 2 is 2.15 bits per heavy atom. The van der Waals surface area contributed by atoms with Crippen LogP contribution in [0.5, 0.6) is 0 Å². The Morgan fingerprint density at radius 3 is 2.54 bits per heavy atom. The van der Waals surface area contributed by atoms with Crippen molar-refractivity contribution in [2.45, 2.75) is 25.8 Å². The van der Waals surface area contributed by atoms with Crippen molar-refractivity contribution in [3.8, 4) is 0 Å². The minimum absolute atomic E-state index is 0.209. The minimum Gasteiger partial charge on any atom is -0.468 e. The molecule has 0 radical (unpaired) electrons. The fourth-order valence-corrected chi connectivity index (χ4v) is 0.970. The van der Waals surface area contributed by atoms with Gasteiger partial charge in [-0.05, 0) is 27.3 Å². The van der Waals surface area contributed by atoms with Crippen LogP contribution in [-0.2, 0) is 9.53 Å². The van der Waals surface area contributed by atoms with E-state index in [2.05, 4.69) is 6.58 Å². The monoisotopic (exact) mass is 185 g/mol. The highest BCUT2D eigenvalue weighted by molar-refractivity contribution is 5.79. The van der Waals surface area contributed by atoms with Crippen molar-refractivity contribution in [1.29, 1.82) is 0 Å². The maximum Gasteiger partial charge on any atom is 0.325 e. The Labute approximate surface area is 80.4 Å². The first-order chi connectivity index (χ1) is 5.96. The molecule has 0 aliphatic rings. The fraction of sp³-hybridized carbons (Fsp3) is 0.700. The lowest BCUT2D eigenvalue weighted by Crippen LogP contribution is -2.48. The molecule has 0 saturated heterocycles. The Morgan fingerprint density at radius 1 is 1.62 bits per heavy atom. The van der Waals surface area contributed by atoms with Gasteiger partial charge in [0.25, 0.3) is 0 Å². The number of likely N-dealkylation sites (N-methyl/N-ethyl adjacent to an activating group) is 1. The number of nitrogens with zero attached hydrogens (tertiary/aromatic N) is 1. The summed E-state index contributed by atoms with van der Waals surface area (Å²) in [6, 6.07) is 0. The Bertz CT molecular complexity index is 187. The van der Waals surface area contributed by atoms with E-state index in [-0.39, 0.29) is 5.97 Å². The van der Waals surface area contributed by atoms with Crippen LogP contribution in [0.4, 0.5) is 0 Å². The first-order valence-electron chi connectivity index (χ1n) is 4.37. The molecule has 13 heavy (non-hydrogen) atoms. The summed E-state index contributed by atoms with van der Waals surface area (Å²) in [6.45, 7) is 8.15. The van der Waals surface area contributed by atoms with Gasteiger partial charge in [0.2, 0.25) is 0 Å². The van der Waals surface area contributed by atoms with Crippen molar-refractivity contribution in [3.63, 3.8) is 0 Å². The Hall–Kier alpha value is -0.830. The van der Waals surface area contributed by atoms with Gasteiger partial charge >= 0.3 is 5.97 Å². The zero-order valence-electron chi connectivity index (χ0n) is 8.96. The Balaban J connectivity index is 4.25. The summed E-state index contributed by atoms with van der Waals surface area (Å²) in [4.78, 5) is 13.3. The number of rotatable bonds is 5. The number of carbonyl (C=O) groups excluding carboxylic acids is 1. The molecule has 0 atom stereocenters. The molecule has 0 fully saturated rings. The first kappa shape index (κ1) is 12.2. The third-order valence-electron chi connectivity index (χ3n) is 2.31. The molecule has 0 bridgehead atoms. The second-order valence-electron chi connectivity index (χ2n) is 3.55. The van der Waals surface area contributed by atoms with Crippen molar-refractivity contribution in [2.24, 2.45) is 0 Å². The molecule has 76 valence electrons. The Kier molecular flexibility index (Phi) is 4.70. The maximum atomic E-state index is 11.3. The van der Waals surface area contributed by atoms with Crippen molar-refractivity contribution in [3.05, 3.63) is 12.7 Å². The lowest BCUT2D eigenvalue weighted by molar-refractivity contribution is -0.152. The highest BCUT2D eigenvalue weighted by Gasteiger charge is 2.32. The lowest BCUT2D eigenvalue weighted by atomic mass is 10.0. The van der Waals surface area contributed by atoms with Gasteiger partial charge in [0, 0.05) is 6.54 Å². The molecular formula is C10H19NO2. The van der Waals surface area contributed by atoms with E-state index in [0.717, 1.165) is 13.0 Å². The van der Waals surface area contributed by atoms with Crippen molar-refractivity contribution < 1.29 is 9.53 Å². The van der Waals surface area contributed by atoms with Crippen LogP contribution in [0, 0.1) is 0 Å². The molecule has 0 unspecified atom stereocenters. The molecule has 0 amide bonds. The number of methoxy groups -OCH3 is 1. The zero-order chi connectivity index (χ0) is 10.5. The largest absolute Gasteiger partial charge is 0.468 e. The summed E-state index contributed by atoms with van der Waals surface area (Å²) in [6.07, 6.45) is 2.71. The van der Waals surface area contributed by atoms with E-state index in [0.29, 0.717) is 0 Å². The molecule has 0 heterocycles. The van der Waals surface area contributed by atoms with E-state index in [1.807, 2.05) is 31.9 Å². The molecule has 0 aromatic heterocycles. The van der Waals surface area contributed by atoms with Crippen LogP contribution in [0.15, 0.2) is 12.7 Å². The molecule has 0 aliphatic carbocycles. The van der Waals surface area contributed by atoms with Gasteiger partial charge in [0.1, 0.15) is 5.54 Å². The van der Waals surface area contributed by atoms with Crippen LogP contribution < -0.4 is 0 Å². The molecule has 0 N–H and O–H groups in total.